The lowest BCUT2D eigenvalue weighted by Gasteiger charge is -2.33. The molecule has 3 N–H and O–H groups in total. The summed E-state index contributed by atoms with van der Waals surface area (Å²) in [6.07, 6.45) is 3.24. The quantitative estimate of drug-likeness (QED) is 0.783. The first kappa shape index (κ1) is 12.7. The molecule has 0 saturated heterocycles. The molecule has 0 aliphatic heterocycles. The molecular formula is C11H20N4O. The summed E-state index contributed by atoms with van der Waals surface area (Å²) in [5, 5.41) is 6.92. The number of hydrogen-bond donors (Lipinski definition) is 2. The first-order valence-electron chi connectivity index (χ1n) is 5.40. The van der Waals surface area contributed by atoms with Crippen LogP contribution in [0.5, 0.6) is 0 Å². The number of nitrogens with zero attached hydrogens (tertiary/aromatic N) is 2. The fraction of sp³-hybridized carbons (Fsp3) is 0.636. The van der Waals surface area contributed by atoms with Crippen LogP contribution in [0.15, 0.2) is 12.4 Å². The summed E-state index contributed by atoms with van der Waals surface area (Å²) in [7, 11) is 1.78. The number of aromatic nitrogens is 2. The van der Waals surface area contributed by atoms with Gasteiger partial charge in [-0.25, -0.2) is 0 Å². The van der Waals surface area contributed by atoms with E-state index in [-0.39, 0.29) is 17.4 Å². The van der Waals surface area contributed by atoms with Gasteiger partial charge in [0.1, 0.15) is 0 Å². The second-order valence-corrected chi connectivity index (χ2v) is 4.63. The highest BCUT2D eigenvalue weighted by Crippen LogP contribution is 2.15. The molecule has 0 bridgehead atoms. The van der Waals surface area contributed by atoms with E-state index in [1.54, 1.807) is 24.1 Å². The van der Waals surface area contributed by atoms with E-state index in [0.717, 1.165) is 0 Å². The van der Waals surface area contributed by atoms with Gasteiger partial charge >= 0.3 is 0 Å². The largest absolute Gasteiger partial charge is 0.345 e. The van der Waals surface area contributed by atoms with Crippen molar-refractivity contribution in [3.63, 3.8) is 0 Å². The number of amides is 1. The summed E-state index contributed by atoms with van der Waals surface area (Å²) in [5.74, 6) is 0.146. The van der Waals surface area contributed by atoms with Gasteiger partial charge in [0.05, 0.1) is 17.3 Å². The average molecular weight is 224 g/mol. The lowest BCUT2D eigenvalue weighted by molar-refractivity contribution is 0.0883. The van der Waals surface area contributed by atoms with Crippen LogP contribution in [0, 0.1) is 5.92 Å². The third-order valence-electron chi connectivity index (χ3n) is 3.06. The van der Waals surface area contributed by atoms with Crippen LogP contribution in [-0.2, 0) is 7.05 Å². The smallest absolute Gasteiger partial charge is 0.254 e. The third kappa shape index (κ3) is 2.61. The molecule has 1 unspecified atom stereocenters. The number of rotatable bonds is 4. The van der Waals surface area contributed by atoms with Crippen molar-refractivity contribution >= 4 is 5.91 Å². The molecule has 1 amide bonds. The van der Waals surface area contributed by atoms with Gasteiger partial charge in [0.2, 0.25) is 0 Å². The van der Waals surface area contributed by atoms with Crippen LogP contribution in [0.4, 0.5) is 0 Å². The van der Waals surface area contributed by atoms with Crippen LogP contribution in [0.2, 0.25) is 0 Å². The standard InChI is InChI=1S/C11H20N4O/c1-8(2)11(3,7-12)14-10(16)9-5-13-15(4)6-9/h5-6,8H,7,12H2,1-4H3,(H,14,16). The molecule has 0 aliphatic carbocycles. The molecular weight excluding hydrogens is 204 g/mol. The number of nitrogens with two attached hydrogens (primary N) is 1. The minimum Gasteiger partial charge on any atom is -0.345 e. The molecule has 0 spiro atoms. The molecule has 0 radical (unpaired) electrons. The average Bonchev–Trinajstić information content (AvgIpc) is 2.64. The first-order chi connectivity index (χ1) is 7.39. The van der Waals surface area contributed by atoms with E-state index in [4.69, 9.17) is 5.73 Å². The van der Waals surface area contributed by atoms with Crippen LogP contribution in [-0.4, -0.2) is 27.8 Å². The number of hydrogen-bond acceptors (Lipinski definition) is 3. The van der Waals surface area contributed by atoms with Crippen molar-refractivity contribution in [2.24, 2.45) is 18.7 Å². The zero-order valence-corrected chi connectivity index (χ0v) is 10.3. The van der Waals surface area contributed by atoms with Crippen molar-refractivity contribution in [1.82, 2.24) is 15.1 Å². The highest BCUT2D eigenvalue weighted by atomic mass is 16.1. The minimum atomic E-state index is -0.382. The second kappa shape index (κ2) is 4.65. The highest BCUT2D eigenvalue weighted by molar-refractivity contribution is 5.94. The van der Waals surface area contributed by atoms with Gasteiger partial charge in [-0.05, 0) is 12.8 Å². The monoisotopic (exact) mass is 224 g/mol. The molecule has 5 nitrogen and oxygen atoms in total. The van der Waals surface area contributed by atoms with Gasteiger partial charge in [0, 0.05) is 19.8 Å². The zero-order valence-electron chi connectivity index (χ0n) is 10.3. The zero-order chi connectivity index (χ0) is 12.3. The van der Waals surface area contributed by atoms with Crippen LogP contribution in [0.3, 0.4) is 0 Å². The van der Waals surface area contributed by atoms with E-state index in [1.165, 1.54) is 0 Å². The first-order valence-corrected chi connectivity index (χ1v) is 5.40. The maximum Gasteiger partial charge on any atom is 0.254 e. The Hall–Kier alpha value is -1.36. The SMILES string of the molecule is CC(C)C(C)(CN)NC(=O)c1cnn(C)c1. The highest BCUT2D eigenvalue weighted by Gasteiger charge is 2.29. The van der Waals surface area contributed by atoms with Gasteiger partial charge in [-0.3, -0.25) is 9.48 Å². The molecule has 0 fully saturated rings. The van der Waals surface area contributed by atoms with Crippen molar-refractivity contribution < 1.29 is 4.79 Å². The Kier molecular flexibility index (Phi) is 3.70. The van der Waals surface area contributed by atoms with Crippen LogP contribution in [0.25, 0.3) is 0 Å². The topological polar surface area (TPSA) is 72.9 Å². The number of aryl methyl sites for hydroxylation is 1. The Labute approximate surface area is 96.0 Å². The van der Waals surface area contributed by atoms with Crippen molar-refractivity contribution in [1.29, 1.82) is 0 Å². The van der Waals surface area contributed by atoms with E-state index < -0.39 is 0 Å². The molecule has 1 atom stereocenters. The van der Waals surface area contributed by atoms with E-state index in [2.05, 4.69) is 10.4 Å². The summed E-state index contributed by atoms with van der Waals surface area (Å²) in [6, 6.07) is 0. The molecule has 1 aromatic rings. The summed E-state index contributed by atoms with van der Waals surface area (Å²) in [5.41, 5.74) is 5.88. The van der Waals surface area contributed by atoms with Crippen LogP contribution in [0.1, 0.15) is 31.1 Å². The van der Waals surface area contributed by atoms with E-state index in [1.807, 2.05) is 20.8 Å². The summed E-state index contributed by atoms with van der Waals surface area (Å²) in [6.45, 7) is 6.44. The Morgan fingerprint density at radius 3 is 2.69 bits per heavy atom. The van der Waals surface area contributed by atoms with Gasteiger partial charge in [0.25, 0.3) is 5.91 Å². The number of carbonyl (C=O) groups is 1. The maximum atomic E-state index is 11.9. The number of carbonyl (C=O) groups excluding carboxylic acids is 1. The molecule has 0 aromatic carbocycles. The molecule has 16 heavy (non-hydrogen) atoms. The molecule has 1 rings (SSSR count). The molecule has 1 aromatic heterocycles. The maximum absolute atomic E-state index is 11.9. The van der Waals surface area contributed by atoms with E-state index in [9.17, 15) is 4.79 Å². The van der Waals surface area contributed by atoms with Gasteiger partial charge < -0.3 is 11.1 Å². The van der Waals surface area contributed by atoms with Crippen molar-refractivity contribution in [3.8, 4) is 0 Å². The van der Waals surface area contributed by atoms with E-state index >= 15 is 0 Å². The van der Waals surface area contributed by atoms with Crippen LogP contribution >= 0.6 is 0 Å². The predicted octanol–water partition coefficient (Wildman–Crippen LogP) is 0.523. The van der Waals surface area contributed by atoms with Gasteiger partial charge in [-0.15, -0.1) is 0 Å². The Balaban J connectivity index is 2.77. The van der Waals surface area contributed by atoms with Gasteiger partial charge in [0.15, 0.2) is 0 Å². The second-order valence-electron chi connectivity index (χ2n) is 4.63. The Morgan fingerprint density at radius 1 is 1.69 bits per heavy atom. The summed E-state index contributed by atoms with van der Waals surface area (Å²) < 4.78 is 1.60. The molecule has 0 saturated carbocycles. The van der Waals surface area contributed by atoms with Gasteiger partial charge in [-0.1, -0.05) is 13.8 Å². The van der Waals surface area contributed by atoms with Crippen molar-refractivity contribution in [2.75, 3.05) is 6.54 Å². The molecule has 5 heteroatoms. The Bertz CT molecular complexity index is 372. The molecule has 90 valence electrons. The Morgan fingerprint density at radius 2 is 2.31 bits per heavy atom. The van der Waals surface area contributed by atoms with E-state index in [0.29, 0.717) is 12.1 Å². The third-order valence-corrected chi connectivity index (χ3v) is 3.06. The fourth-order valence-electron chi connectivity index (χ4n) is 1.30. The fourth-order valence-corrected chi connectivity index (χ4v) is 1.30. The molecule has 0 aliphatic rings. The summed E-state index contributed by atoms with van der Waals surface area (Å²) >= 11 is 0. The van der Waals surface area contributed by atoms with Crippen molar-refractivity contribution in [3.05, 3.63) is 18.0 Å². The lowest BCUT2D eigenvalue weighted by atomic mass is 9.88. The van der Waals surface area contributed by atoms with Crippen LogP contribution < -0.4 is 11.1 Å². The minimum absolute atomic E-state index is 0.130. The normalized spacial score (nSPS) is 14.9. The van der Waals surface area contributed by atoms with Crippen molar-refractivity contribution in [2.45, 2.75) is 26.3 Å². The lowest BCUT2D eigenvalue weighted by Crippen LogP contribution is -2.54. The predicted molar refractivity (Wildman–Crippen MR) is 63.0 cm³/mol. The number of nitrogens with one attached hydrogen (secondary N) is 1. The molecule has 1 heterocycles. The summed E-state index contributed by atoms with van der Waals surface area (Å²) in [4.78, 5) is 11.9. The van der Waals surface area contributed by atoms with Gasteiger partial charge in [-0.2, -0.15) is 5.10 Å².